The van der Waals surface area contributed by atoms with E-state index in [-0.39, 0.29) is 11.7 Å². The van der Waals surface area contributed by atoms with Gasteiger partial charge in [0.1, 0.15) is 0 Å². The highest BCUT2D eigenvalue weighted by atomic mass is 32.2. The highest BCUT2D eigenvalue weighted by molar-refractivity contribution is 7.99. The number of allylic oxidation sites excluding steroid dienone is 1. The number of hydrogen-bond acceptors (Lipinski definition) is 3. The third kappa shape index (κ3) is 3.50. The minimum atomic E-state index is -2.78. The smallest absolute Gasteiger partial charge is 0.266 e. The van der Waals surface area contributed by atoms with Crippen LogP contribution in [0.1, 0.15) is 6.92 Å². The molecule has 1 heterocycles. The van der Waals surface area contributed by atoms with Crippen LogP contribution in [0.4, 0.5) is 8.78 Å². The van der Waals surface area contributed by atoms with Gasteiger partial charge in [0.25, 0.3) is 5.92 Å². The first-order valence-corrected chi connectivity index (χ1v) is 5.19. The lowest BCUT2D eigenvalue weighted by atomic mass is 10.5. The van der Waals surface area contributed by atoms with Crippen molar-refractivity contribution in [3.05, 3.63) is 23.1 Å². The molecular formula is C8H11F2N3OS. The topological polar surface area (TPSA) is 50.7 Å². The molecule has 84 valence electrons. The van der Waals surface area contributed by atoms with Crippen LogP contribution in [-0.4, -0.2) is 26.4 Å². The van der Waals surface area contributed by atoms with Crippen molar-refractivity contribution < 1.29 is 8.78 Å². The molecule has 7 heteroatoms. The van der Waals surface area contributed by atoms with Crippen LogP contribution in [0.25, 0.3) is 0 Å². The first-order valence-electron chi connectivity index (χ1n) is 4.21. The molecule has 0 aromatic carbocycles. The van der Waals surface area contributed by atoms with Gasteiger partial charge in [-0.2, -0.15) is 0 Å². The number of aromatic amines is 1. The van der Waals surface area contributed by atoms with Gasteiger partial charge in [0, 0.05) is 13.5 Å². The van der Waals surface area contributed by atoms with Gasteiger partial charge in [0.2, 0.25) is 0 Å². The van der Waals surface area contributed by atoms with Gasteiger partial charge in [-0.1, -0.05) is 17.8 Å². The van der Waals surface area contributed by atoms with Gasteiger partial charge in [-0.3, -0.25) is 4.57 Å². The molecule has 0 aliphatic heterocycles. The lowest BCUT2D eigenvalue weighted by molar-refractivity contribution is 0.0492. The van der Waals surface area contributed by atoms with E-state index < -0.39 is 17.4 Å². The van der Waals surface area contributed by atoms with E-state index in [9.17, 15) is 13.6 Å². The SMILES string of the molecule is C=CCn1c(SCC(C)(F)F)n[nH]c1=O. The molecule has 15 heavy (non-hydrogen) atoms. The summed E-state index contributed by atoms with van der Waals surface area (Å²) in [5, 5.41) is 6.10. The minimum absolute atomic E-state index is 0.251. The Balaban J connectivity index is 2.77. The van der Waals surface area contributed by atoms with Crippen molar-refractivity contribution in [3.8, 4) is 0 Å². The third-order valence-electron chi connectivity index (χ3n) is 1.49. The predicted octanol–water partition coefficient (Wildman–Crippen LogP) is 1.50. The van der Waals surface area contributed by atoms with Crippen molar-refractivity contribution in [1.29, 1.82) is 0 Å². The van der Waals surface area contributed by atoms with Crippen LogP contribution in [0.3, 0.4) is 0 Å². The molecule has 0 unspecified atom stereocenters. The van der Waals surface area contributed by atoms with E-state index in [1.54, 1.807) is 0 Å². The Kier molecular flexibility index (Phi) is 3.67. The molecule has 0 saturated heterocycles. The van der Waals surface area contributed by atoms with Crippen molar-refractivity contribution in [2.75, 3.05) is 5.75 Å². The number of thioether (sulfide) groups is 1. The summed E-state index contributed by atoms with van der Waals surface area (Å²) in [7, 11) is 0. The van der Waals surface area contributed by atoms with Gasteiger partial charge in [-0.05, 0) is 0 Å². The first-order chi connectivity index (χ1) is 6.94. The van der Waals surface area contributed by atoms with Crippen LogP contribution >= 0.6 is 11.8 Å². The van der Waals surface area contributed by atoms with E-state index in [1.165, 1.54) is 10.6 Å². The fourth-order valence-electron chi connectivity index (χ4n) is 0.895. The molecule has 0 bridgehead atoms. The Hall–Kier alpha value is -1.11. The van der Waals surface area contributed by atoms with Crippen LogP contribution in [-0.2, 0) is 6.54 Å². The molecule has 0 spiro atoms. The van der Waals surface area contributed by atoms with Crippen molar-refractivity contribution >= 4 is 11.8 Å². The fourth-order valence-corrected chi connectivity index (χ4v) is 1.70. The summed E-state index contributed by atoms with van der Waals surface area (Å²) in [6.45, 7) is 4.55. The number of alkyl halides is 2. The van der Waals surface area contributed by atoms with Gasteiger partial charge in [0.05, 0.1) is 5.75 Å². The number of H-pyrrole nitrogens is 1. The Bertz CT molecular complexity index is 393. The molecule has 1 aromatic rings. The normalized spacial score (nSPS) is 11.7. The van der Waals surface area contributed by atoms with Gasteiger partial charge in [-0.25, -0.2) is 18.7 Å². The molecule has 0 saturated carbocycles. The number of hydrogen-bond donors (Lipinski definition) is 1. The number of aromatic nitrogens is 3. The summed E-state index contributed by atoms with van der Waals surface area (Å²) in [6, 6.07) is 0. The molecule has 1 aromatic heterocycles. The maximum Gasteiger partial charge on any atom is 0.344 e. The maximum absolute atomic E-state index is 12.6. The zero-order valence-corrected chi connectivity index (χ0v) is 8.98. The average Bonchev–Trinajstić information content (AvgIpc) is 2.45. The largest absolute Gasteiger partial charge is 0.344 e. The number of halogens is 2. The van der Waals surface area contributed by atoms with Crippen LogP contribution in [0, 0.1) is 0 Å². The average molecular weight is 235 g/mol. The molecule has 0 aliphatic carbocycles. The highest BCUT2D eigenvalue weighted by Crippen LogP contribution is 2.23. The minimum Gasteiger partial charge on any atom is -0.266 e. The molecule has 1 N–H and O–H groups in total. The number of rotatable bonds is 5. The van der Waals surface area contributed by atoms with Crippen LogP contribution in [0.15, 0.2) is 22.6 Å². The maximum atomic E-state index is 12.6. The molecular weight excluding hydrogens is 224 g/mol. The summed E-state index contributed by atoms with van der Waals surface area (Å²) >= 11 is 0.838. The van der Waals surface area contributed by atoms with Gasteiger partial charge < -0.3 is 0 Å². The number of nitrogens with zero attached hydrogens (tertiary/aromatic N) is 2. The Morgan fingerprint density at radius 1 is 1.73 bits per heavy atom. The quantitative estimate of drug-likeness (QED) is 0.621. The fraction of sp³-hybridized carbons (Fsp3) is 0.500. The molecule has 0 aliphatic rings. The molecule has 0 fully saturated rings. The molecule has 0 radical (unpaired) electrons. The van der Waals surface area contributed by atoms with Crippen molar-refractivity contribution in [2.24, 2.45) is 0 Å². The molecule has 4 nitrogen and oxygen atoms in total. The Morgan fingerprint density at radius 3 is 2.93 bits per heavy atom. The lowest BCUT2D eigenvalue weighted by Crippen LogP contribution is -2.18. The van der Waals surface area contributed by atoms with E-state index in [0.29, 0.717) is 0 Å². The molecule has 0 amide bonds. The van der Waals surface area contributed by atoms with Crippen molar-refractivity contribution in [1.82, 2.24) is 14.8 Å². The van der Waals surface area contributed by atoms with Gasteiger partial charge in [0.15, 0.2) is 5.16 Å². The zero-order chi connectivity index (χ0) is 11.5. The second-order valence-corrected chi connectivity index (χ2v) is 4.01. The highest BCUT2D eigenvalue weighted by Gasteiger charge is 2.22. The van der Waals surface area contributed by atoms with E-state index in [0.717, 1.165) is 18.7 Å². The van der Waals surface area contributed by atoms with E-state index in [4.69, 9.17) is 0 Å². The van der Waals surface area contributed by atoms with Crippen LogP contribution < -0.4 is 5.69 Å². The lowest BCUT2D eigenvalue weighted by Gasteiger charge is -2.08. The summed E-state index contributed by atoms with van der Waals surface area (Å²) in [4.78, 5) is 11.2. The van der Waals surface area contributed by atoms with Crippen LogP contribution in [0.2, 0.25) is 0 Å². The Labute approximate surface area is 89.4 Å². The summed E-state index contributed by atoms with van der Waals surface area (Å²) in [5.41, 5.74) is -0.420. The summed E-state index contributed by atoms with van der Waals surface area (Å²) in [5.74, 6) is -3.19. The zero-order valence-electron chi connectivity index (χ0n) is 8.17. The summed E-state index contributed by atoms with van der Waals surface area (Å²) < 4.78 is 26.4. The van der Waals surface area contributed by atoms with E-state index in [2.05, 4.69) is 16.8 Å². The number of nitrogens with one attached hydrogen (secondary N) is 1. The first kappa shape index (κ1) is 12.0. The van der Waals surface area contributed by atoms with E-state index >= 15 is 0 Å². The van der Waals surface area contributed by atoms with Crippen molar-refractivity contribution in [2.45, 2.75) is 24.5 Å². The summed E-state index contributed by atoms with van der Waals surface area (Å²) in [6.07, 6.45) is 1.51. The standard InChI is InChI=1S/C8H11F2N3OS/c1-3-4-13-6(14)11-12-7(13)15-5-8(2,9)10/h3H,1,4-5H2,2H3,(H,11,14). The Morgan fingerprint density at radius 2 is 2.40 bits per heavy atom. The van der Waals surface area contributed by atoms with Crippen LogP contribution in [0.5, 0.6) is 0 Å². The second-order valence-electron chi connectivity index (χ2n) is 3.07. The molecule has 1 rings (SSSR count). The van der Waals surface area contributed by atoms with Crippen molar-refractivity contribution in [3.63, 3.8) is 0 Å². The third-order valence-corrected chi connectivity index (χ3v) is 2.71. The van der Waals surface area contributed by atoms with E-state index in [1.807, 2.05) is 0 Å². The second kappa shape index (κ2) is 4.61. The predicted molar refractivity (Wildman–Crippen MR) is 54.4 cm³/mol. The monoisotopic (exact) mass is 235 g/mol. The van der Waals surface area contributed by atoms with Gasteiger partial charge in [-0.15, -0.1) is 11.7 Å². The van der Waals surface area contributed by atoms with Gasteiger partial charge >= 0.3 is 5.69 Å². The molecule has 0 atom stereocenters.